The van der Waals surface area contributed by atoms with Gasteiger partial charge in [0.05, 0.1) is 6.54 Å². The number of nitrogens with one attached hydrogen (secondary N) is 1. The standard InChI is InChI=1S/C13H19N3O/c1-10-4-3-7-16(10)9-13(17)15-12-6-2-5-11(14)8-12/h2,5-6,8,10H,3-4,7,9,14H2,1H3,(H,15,17). The lowest BCUT2D eigenvalue weighted by Gasteiger charge is -2.20. The van der Waals surface area contributed by atoms with Crippen molar-refractivity contribution in [1.82, 2.24) is 4.90 Å². The normalized spacial score (nSPS) is 20.4. The third kappa shape index (κ3) is 3.20. The first kappa shape index (κ1) is 11.9. The highest BCUT2D eigenvalue weighted by molar-refractivity contribution is 5.92. The molecule has 2 rings (SSSR count). The van der Waals surface area contributed by atoms with Crippen LogP contribution in [0.1, 0.15) is 19.8 Å². The molecular weight excluding hydrogens is 214 g/mol. The van der Waals surface area contributed by atoms with Gasteiger partial charge in [0.2, 0.25) is 5.91 Å². The lowest BCUT2D eigenvalue weighted by atomic mass is 10.2. The van der Waals surface area contributed by atoms with E-state index < -0.39 is 0 Å². The van der Waals surface area contributed by atoms with Gasteiger partial charge in [-0.15, -0.1) is 0 Å². The molecule has 3 N–H and O–H groups in total. The predicted octanol–water partition coefficient (Wildman–Crippen LogP) is 1.69. The zero-order valence-electron chi connectivity index (χ0n) is 10.1. The molecule has 1 aliphatic heterocycles. The van der Waals surface area contributed by atoms with Crippen molar-refractivity contribution in [3.05, 3.63) is 24.3 Å². The molecule has 0 spiro atoms. The Morgan fingerprint density at radius 2 is 2.41 bits per heavy atom. The summed E-state index contributed by atoms with van der Waals surface area (Å²) in [7, 11) is 0. The summed E-state index contributed by atoms with van der Waals surface area (Å²) >= 11 is 0. The summed E-state index contributed by atoms with van der Waals surface area (Å²) in [6, 6.07) is 7.77. The molecule has 4 nitrogen and oxygen atoms in total. The minimum atomic E-state index is 0.0318. The molecule has 0 aromatic heterocycles. The molecule has 0 saturated carbocycles. The Morgan fingerprint density at radius 3 is 3.06 bits per heavy atom. The molecule has 4 heteroatoms. The lowest BCUT2D eigenvalue weighted by molar-refractivity contribution is -0.117. The molecule has 1 atom stereocenters. The Morgan fingerprint density at radius 1 is 1.59 bits per heavy atom. The average Bonchev–Trinajstić information content (AvgIpc) is 2.64. The van der Waals surface area contributed by atoms with Crippen LogP contribution in [0.2, 0.25) is 0 Å². The average molecular weight is 233 g/mol. The third-order valence-electron chi connectivity index (χ3n) is 3.21. The molecule has 0 radical (unpaired) electrons. The number of anilines is 2. The first-order chi connectivity index (χ1) is 8.15. The van der Waals surface area contributed by atoms with Crippen molar-refractivity contribution in [2.24, 2.45) is 0 Å². The highest BCUT2D eigenvalue weighted by Crippen LogP contribution is 2.16. The summed E-state index contributed by atoms with van der Waals surface area (Å²) in [5, 5.41) is 2.87. The van der Waals surface area contributed by atoms with Crippen LogP contribution in [-0.2, 0) is 4.79 Å². The van der Waals surface area contributed by atoms with Crippen LogP contribution in [-0.4, -0.2) is 29.9 Å². The second-order valence-electron chi connectivity index (χ2n) is 4.64. The Hall–Kier alpha value is -1.55. The third-order valence-corrected chi connectivity index (χ3v) is 3.21. The van der Waals surface area contributed by atoms with Crippen molar-refractivity contribution >= 4 is 17.3 Å². The fraction of sp³-hybridized carbons (Fsp3) is 0.462. The lowest BCUT2D eigenvalue weighted by Crippen LogP contribution is -2.35. The molecule has 1 aliphatic rings. The zero-order chi connectivity index (χ0) is 12.3. The Kier molecular flexibility index (Phi) is 3.64. The maximum atomic E-state index is 11.8. The van der Waals surface area contributed by atoms with Crippen molar-refractivity contribution in [3.8, 4) is 0 Å². The molecule has 1 fully saturated rings. The van der Waals surface area contributed by atoms with Gasteiger partial charge >= 0.3 is 0 Å². The number of nitrogens with two attached hydrogens (primary N) is 1. The van der Waals surface area contributed by atoms with E-state index in [4.69, 9.17) is 5.73 Å². The molecule has 17 heavy (non-hydrogen) atoms. The molecule has 1 saturated heterocycles. The predicted molar refractivity (Wildman–Crippen MR) is 69.8 cm³/mol. The van der Waals surface area contributed by atoms with Crippen LogP contribution >= 0.6 is 0 Å². The van der Waals surface area contributed by atoms with Gasteiger partial charge < -0.3 is 11.1 Å². The number of nitrogen functional groups attached to an aromatic ring is 1. The zero-order valence-corrected chi connectivity index (χ0v) is 10.1. The molecular formula is C13H19N3O. The maximum Gasteiger partial charge on any atom is 0.238 e. The van der Waals surface area contributed by atoms with Gasteiger partial charge in [-0.1, -0.05) is 6.07 Å². The van der Waals surface area contributed by atoms with Crippen molar-refractivity contribution in [1.29, 1.82) is 0 Å². The minimum absolute atomic E-state index is 0.0318. The largest absolute Gasteiger partial charge is 0.399 e. The second kappa shape index (κ2) is 5.19. The molecule has 1 aromatic rings. The van der Waals surface area contributed by atoms with Gasteiger partial charge in [-0.2, -0.15) is 0 Å². The van der Waals surface area contributed by atoms with Crippen LogP contribution in [0, 0.1) is 0 Å². The van der Waals surface area contributed by atoms with E-state index in [-0.39, 0.29) is 5.91 Å². The van der Waals surface area contributed by atoms with E-state index in [2.05, 4.69) is 17.1 Å². The van der Waals surface area contributed by atoms with Gasteiger partial charge in [-0.25, -0.2) is 0 Å². The van der Waals surface area contributed by atoms with Crippen LogP contribution in [0.15, 0.2) is 24.3 Å². The summed E-state index contributed by atoms with van der Waals surface area (Å²) in [6.07, 6.45) is 2.37. The van der Waals surface area contributed by atoms with Gasteiger partial charge in [-0.3, -0.25) is 9.69 Å². The van der Waals surface area contributed by atoms with Gasteiger partial charge in [0.25, 0.3) is 0 Å². The van der Waals surface area contributed by atoms with Gasteiger partial charge in [0.15, 0.2) is 0 Å². The van der Waals surface area contributed by atoms with Gasteiger partial charge in [-0.05, 0) is 44.5 Å². The molecule has 1 aromatic carbocycles. The Labute approximate surface area is 102 Å². The number of benzene rings is 1. The molecule has 1 heterocycles. The second-order valence-corrected chi connectivity index (χ2v) is 4.64. The van der Waals surface area contributed by atoms with Crippen molar-refractivity contribution in [3.63, 3.8) is 0 Å². The molecule has 1 amide bonds. The highest BCUT2D eigenvalue weighted by atomic mass is 16.2. The number of likely N-dealkylation sites (tertiary alicyclic amines) is 1. The summed E-state index contributed by atoms with van der Waals surface area (Å²) in [5.41, 5.74) is 7.09. The van der Waals surface area contributed by atoms with E-state index in [9.17, 15) is 4.79 Å². The number of amides is 1. The summed E-state index contributed by atoms with van der Waals surface area (Å²) in [4.78, 5) is 14.0. The van der Waals surface area contributed by atoms with Crippen molar-refractivity contribution < 1.29 is 4.79 Å². The molecule has 0 aliphatic carbocycles. The minimum Gasteiger partial charge on any atom is -0.399 e. The summed E-state index contributed by atoms with van der Waals surface area (Å²) in [5.74, 6) is 0.0318. The molecule has 0 bridgehead atoms. The fourth-order valence-electron chi connectivity index (χ4n) is 2.23. The number of rotatable bonds is 3. The van der Waals surface area contributed by atoms with Crippen molar-refractivity contribution in [2.45, 2.75) is 25.8 Å². The van der Waals surface area contributed by atoms with Crippen LogP contribution < -0.4 is 11.1 Å². The van der Waals surface area contributed by atoms with E-state index in [1.165, 1.54) is 12.8 Å². The van der Waals surface area contributed by atoms with E-state index >= 15 is 0 Å². The monoisotopic (exact) mass is 233 g/mol. The highest BCUT2D eigenvalue weighted by Gasteiger charge is 2.22. The smallest absolute Gasteiger partial charge is 0.238 e. The number of carbonyl (C=O) groups excluding carboxylic acids is 1. The first-order valence-electron chi connectivity index (χ1n) is 6.04. The molecule has 92 valence electrons. The van der Waals surface area contributed by atoms with E-state index in [1.807, 2.05) is 12.1 Å². The van der Waals surface area contributed by atoms with E-state index in [0.29, 0.717) is 18.3 Å². The fourth-order valence-corrected chi connectivity index (χ4v) is 2.23. The maximum absolute atomic E-state index is 11.8. The van der Waals surface area contributed by atoms with Crippen LogP contribution in [0.5, 0.6) is 0 Å². The van der Waals surface area contributed by atoms with E-state index in [1.54, 1.807) is 12.1 Å². The number of hydrogen-bond acceptors (Lipinski definition) is 3. The Balaban J connectivity index is 1.89. The Bertz CT molecular complexity index is 405. The topological polar surface area (TPSA) is 58.4 Å². The van der Waals surface area contributed by atoms with Crippen LogP contribution in [0.3, 0.4) is 0 Å². The SMILES string of the molecule is CC1CCCN1CC(=O)Nc1cccc(N)c1. The summed E-state index contributed by atoms with van der Waals surface area (Å²) in [6.45, 7) is 3.66. The number of hydrogen-bond donors (Lipinski definition) is 2. The number of carbonyl (C=O) groups is 1. The molecule has 1 unspecified atom stereocenters. The van der Waals surface area contributed by atoms with Gasteiger partial charge in [0.1, 0.15) is 0 Å². The quantitative estimate of drug-likeness (QED) is 0.781. The first-order valence-corrected chi connectivity index (χ1v) is 6.04. The van der Waals surface area contributed by atoms with Crippen molar-refractivity contribution in [2.75, 3.05) is 24.1 Å². The van der Waals surface area contributed by atoms with Gasteiger partial charge in [0, 0.05) is 17.4 Å². The number of nitrogens with zero attached hydrogens (tertiary/aromatic N) is 1. The summed E-state index contributed by atoms with van der Waals surface area (Å²) < 4.78 is 0. The van der Waals surface area contributed by atoms with E-state index in [0.717, 1.165) is 12.2 Å². The van der Waals surface area contributed by atoms with Crippen LogP contribution in [0.4, 0.5) is 11.4 Å². The van der Waals surface area contributed by atoms with Crippen LogP contribution in [0.25, 0.3) is 0 Å².